The Kier molecular flexibility index (Phi) is 4.59. The van der Waals surface area contributed by atoms with Crippen molar-refractivity contribution in [1.29, 1.82) is 0 Å². The van der Waals surface area contributed by atoms with Gasteiger partial charge in [0.2, 0.25) is 0 Å². The van der Waals surface area contributed by atoms with Gasteiger partial charge in [-0.05, 0) is 0 Å². The number of hydrogen-bond acceptors (Lipinski definition) is 7. The SMILES string of the molecule is Cl.N[C@@H]1CO[C@H](Cn2cnc3c(=O)[nH]cnc32)[C@@H](O)[C@H]1O. The zero-order valence-corrected chi connectivity index (χ0v) is 11.7. The number of ether oxygens (including phenoxy) is 1. The molecule has 9 nitrogen and oxygen atoms in total. The number of H-pyrrole nitrogens is 1. The lowest BCUT2D eigenvalue weighted by atomic mass is 9.99. The molecule has 116 valence electrons. The zero-order valence-electron chi connectivity index (χ0n) is 10.9. The summed E-state index contributed by atoms with van der Waals surface area (Å²) in [5, 5.41) is 19.7. The quantitative estimate of drug-likeness (QED) is 0.502. The van der Waals surface area contributed by atoms with Crippen molar-refractivity contribution in [2.45, 2.75) is 30.9 Å². The first-order valence-corrected chi connectivity index (χ1v) is 6.20. The van der Waals surface area contributed by atoms with E-state index >= 15 is 0 Å². The molecule has 1 aliphatic rings. The van der Waals surface area contributed by atoms with E-state index in [4.69, 9.17) is 10.5 Å². The maximum absolute atomic E-state index is 11.5. The van der Waals surface area contributed by atoms with Crippen LogP contribution in [0.2, 0.25) is 0 Å². The fraction of sp³-hybridized carbons (Fsp3) is 0.545. The summed E-state index contributed by atoms with van der Waals surface area (Å²) >= 11 is 0. The minimum absolute atomic E-state index is 0. The highest BCUT2D eigenvalue weighted by Gasteiger charge is 2.36. The van der Waals surface area contributed by atoms with E-state index in [1.165, 1.54) is 12.7 Å². The molecule has 0 spiro atoms. The van der Waals surface area contributed by atoms with Crippen molar-refractivity contribution in [2.24, 2.45) is 5.73 Å². The molecule has 0 bridgehead atoms. The Morgan fingerprint density at radius 3 is 2.95 bits per heavy atom. The van der Waals surface area contributed by atoms with E-state index in [1.54, 1.807) is 4.57 Å². The van der Waals surface area contributed by atoms with E-state index < -0.39 is 24.4 Å². The largest absolute Gasteiger partial charge is 0.389 e. The van der Waals surface area contributed by atoms with Crippen molar-refractivity contribution in [1.82, 2.24) is 19.5 Å². The number of nitrogens with two attached hydrogens (primary N) is 1. The molecule has 3 rings (SSSR count). The first-order chi connectivity index (χ1) is 9.58. The van der Waals surface area contributed by atoms with Crippen LogP contribution in [0.4, 0.5) is 0 Å². The first-order valence-electron chi connectivity index (χ1n) is 6.20. The average molecular weight is 318 g/mol. The minimum atomic E-state index is -1.10. The summed E-state index contributed by atoms with van der Waals surface area (Å²) in [4.78, 5) is 22.0. The molecule has 5 N–H and O–H groups in total. The van der Waals surface area contributed by atoms with E-state index in [9.17, 15) is 15.0 Å². The van der Waals surface area contributed by atoms with Gasteiger partial charge in [0.15, 0.2) is 11.2 Å². The van der Waals surface area contributed by atoms with Crippen LogP contribution in [0.15, 0.2) is 17.4 Å². The average Bonchev–Trinajstić information content (AvgIpc) is 2.84. The Bertz CT molecular complexity index is 674. The van der Waals surface area contributed by atoms with E-state index in [0.29, 0.717) is 5.65 Å². The first kappa shape index (κ1) is 15.9. The van der Waals surface area contributed by atoms with Crippen molar-refractivity contribution < 1.29 is 14.9 Å². The Labute approximate surface area is 125 Å². The third-order valence-electron chi connectivity index (χ3n) is 3.46. The number of aromatic nitrogens is 4. The Morgan fingerprint density at radius 1 is 1.43 bits per heavy atom. The fourth-order valence-electron chi connectivity index (χ4n) is 2.29. The Hall–Kier alpha value is -1.52. The number of aromatic amines is 1. The molecule has 1 aliphatic heterocycles. The van der Waals surface area contributed by atoms with Gasteiger partial charge in [0, 0.05) is 0 Å². The second kappa shape index (κ2) is 6.08. The lowest BCUT2D eigenvalue weighted by Gasteiger charge is -2.36. The van der Waals surface area contributed by atoms with Crippen molar-refractivity contribution in [3.63, 3.8) is 0 Å². The van der Waals surface area contributed by atoms with Gasteiger partial charge in [0.05, 0.1) is 38.0 Å². The summed E-state index contributed by atoms with van der Waals surface area (Å²) in [5.74, 6) is 0. The van der Waals surface area contributed by atoms with Crippen molar-refractivity contribution in [2.75, 3.05) is 6.61 Å². The van der Waals surface area contributed by atoms with Crippen molar-refractivity contribution in [3.8, 4) is 0 Å². The molecule has 2 aromatic heterocycles. The predicted molar refractivity (Wildman–Crippen MR) is 75.1 cm³/mol. The van der Waals surface area contributed by atoms with E-state index in [0.717, 1.165) is 0 Å². The van der Waals surface area contributed by atoms with Crippen LogP contribution < -0.4 is 11.3 Å². The highest BCUT2D eigenvalue weighted by molar-refractivity contribution is 5.85. The summed E-state index contributed by atoms with van der Waals surface area (Å²) in [6.45, 7) is 0.376. The maximum Gasteiger partial charge on any atom is 0.278 e. The van der Waals surface area contributed by atoms with Crippen molar-refractivity contribution in [3.05, 3.63) is 23.0 Å². The van der Waals surface area contributed by atoms with Crippen LogP contribution in [0.5, 0.6) is 0 Å². The number of rotatable bonds is 2. The second-order valence-corrected chi connectivity index (χ2v) is 4.82. The molecule has 0 aliphatic carbocycles. The summed E-state index contributed by atoms with van der Waals surface area (Å²) < 4.78 is 7.03. The number of fused-ring (bicyclic) bond motifs is 1. The van der Waals surface area contributed by atoms with Crippen molar-refractivity contribution >= 4 is 23.6 Å². The van der Waals surface area contributed by atoms with Gasteiger partial charge in [-0.15, -0.1) is 12.4 Å². The molecule has 0 radical (unpaired) electrons. The highest BCUT2D eigenvalue weighted by atomic mass is 35.5. The van der Waals surface area contributed by atoms with Gasteiger partial charge in [-0.2, -0.15) is 0 Å². The molecular weight excluding hydrogens is 302 g/mol. The highest BCUT2D eigenvalue weighted by Crippen LogP contribution is 2.17. The van der Waals surface area contributed by atoms with Gasteiger partial charge in [-0.25, -0.2) is 9.97 Å². The summed E-state index contributed by atoms with van der Waals surface area (Å²) in [7, 11) is 0. The molecule has 2 aromatic rings. The summed E-state index contributed by atoms with van der Waals surface area (Å²) in [6, 6.07) is -0.609. The Morgan fingerprint density at radius 2 is 2.19 bits per heavy atom. The number of imidazole rings is 1. The standard InChI is InChI=1S/C11H15N5O4.ClH/c12-5-2-20-6(9(18)8(5)17)1-16-4-15-7-10(16)13-3-14-11(7)19;/h3-6,8-9,17-18H,1-2,12H2,(H,13,14,19);1H/t5-,6-,8+,9-;/m1./s1. The van der Waals surface area contributed by atoms with Crippen LogP contribution in [0, 0.1) is 0 Å². The number of nitrogens with one attached hydrogen (secondary N) is 1. The van der Waals surface area contributed by atoms with Crippen LogP contribution in [0.25, 0.3) is 11.2 Å². The predicted octanol–water partition coefficient (Wildman–Crippen LogP) is -2.01. The van der Waals surface area contributed by atoms with E-state index in [-0.39, 0.29) is 36.6 Å². The topological polar surface area (TPSA) is 139 Å². The molecular formula is C11H16ClN5O4. The van der Waals surface area contributed by atoms with Gasteiger partial charge >= 0.3 is 0 Å². The van der Waals surface area contributed by atoms with E-state index in [1.807, 2.05) is 0 Å². The second-order valence-electron chi connectivity index (χ2n) is 4.82. The molecule has 0 saturated carbocycles. The van der Waals surface area contributed by atoms with Crippen LogP contribution in [-0.4, -0.2) is 60.7 Å². The number of aliphatic hydroxyl groups excluding tert-OH is 2. The van der Waals surface area contributed by atoms with Gasteiger partial charge in [0.25, 0.3) is 5.56 Å². The van der Waals surface area contributed by atoms with Gasteiger partial charge in [0.1, 0.15) is 12.2 Å². The third-order valence-corrected chi connectivity index (χ3v) is 3.46. The summed E-state index contributed by atoms with van der Waals surface area (Å²) in [5.41, 5.74) is 5.89. The smallest absolute Gasteiger partial charge is 0.278 e. The summed E-state index contributed by atoms with van der Waals surface area (Å²) in [6.07, 6.45) is -0.0447. The lowest BCUT2D eigenvalue weighted by Crippen LogP contribution is -2.57. The normalized spacial score (nSPS) is 29.3. The fourth-order valence-corrected chi connectivity index (χ4v) is 2.29. The van der Waals surface area contributed by atoms with Crippen LogP contribution in [-0.2, 0) is 11.3 Å². The third kappa shape index (κ3) is 2.78. The number of aliphatic hydroxyl groups is 2. The molecule has 1 fully saturated rings. The molecule has 0 amide bonds. The van der Waals surface area contributed by atoms with Gasteiger partial charge in [-0.3, -0.25) is 4.79 Å². The van der Waals surface area contributed by atoms with Crippen LogP contribution >= 0.6 is 12.4 Å². The lowest BCUT2D eigenvalue weighted by molar-refractivity contribution is -0.148. The molecule has 10 heteroatoms. The van der Waals surface area contributed by atoms with Crippen LogP contribution in [0.3, 0.4) is 0 Å². The van der Waals surface area contributed by atoms with Crippen LogP contribution in [0.1, 0.15) is 0 Å². The van der Waals surface area contributed by atoms with E-state index in [2.05, 4.69) is 15.0 Å². The number of halogens is 1. The number of hydrogen-bond donors (Lipinski definition) is 4. The molecule has 1 saturated heterocycles. The molecule has 0 aromatic carbocycles. The Balaban J connectivity index is 0.00000161. The van der Waals surface area contributed by atoms with Gasteiger partial charge < -0.3 is 30.2 Å². The minimum Gasteiger partial charge on any atom is -0.389 e. The molecule has 4 atom stereocenters. The zero-order chi connectivity index (χ0) is 14.3. The molecule has 3 heterocycles. The number of nitrogens with zero attached hydrogens (tertiary/aromatic N) is 3. The maximum atomic E-state index is 11.5. The van der Waals surface area contributed by atoms with Gasteiger partial charge in [-0.1, -0.05) is 0 Å². The monoisotopic (exact) mass is 317 g/mol. The molecule has 0 unspecified atom stereocenters. The molecule has 21 heavy (non-hydrogen) atoms.